The molecule has 41 heavy (non-hydrogen) atoms. The van der Waals surface area contributed by atoms with E-state index in [1.807, 2.05) is 77.5 Å². The maximum atomic E-state index is 14.2. The topological polar surface area (TPSA) is 57.2 Å². The summed E-state index contributed by atoms with van der Waals surface area (Å²) in [6.45, 7) is 2.00. The van der Waals surface area contributed by atoms with Crippen LogP contribution in [0.4, 0.5) is 24.5 Å². The van der Waals surface area contributed by atoms with Gasteiger partial charge in [-0.05, 0) is 55.0 Å². The summed E-state index contributed by atoms with van der Waals surface area (Å²) in [5.41, 5.74) is 1.77. The summed E-state index contributed by atoms with van der Waals surface area (Å²) in [4.78, 5) is 22.1. The molecule has 4 heterocycles. The summed E-state index contributed by atoms with van der Waals surface area (Å²) < 4.78 is 47.8. The SMILES string of the molecule is COc1ccc(N2C3=C(SC24C(=O)Nc2c(C(F)(F)F)cccc24)C(c2ccc(C)cc2)N=C2C=CC=CN23)cc1. The van der Waals surface area contributed by atoms with Gasteiger partial charge >= 0.3 is 6.18 Å². The number of para-hydroxylation sites is 1. The molecule has 0 saturated heterocycles. The summed E-state index contributed by atoms with van der Waals surface area (Å²) in [6.07, 6.45) is 2.84. The molecule has 0 aliphatic carbocycles. The molecule has 7 rings (SSSR count). The molecule has 10 heteroatoms. The molecule has 1 spiro atoms. The Balaban J connectivity index is 1.50. The Bertz CT molecular complexity index is 1710. The normalized spacial score (nSPS) is 22.5. The first-order chi connectivity index (χ1) is 19.7. The van der Waals surface area contributed by atoms with Crippen LogP contribution in [0.3, 0.4) is 0 Å². The first-order valence-electron chi connectivity index (χ1n) is 12.9. The number of amides is 1. The number of nitrogens with zero attached hydrogens (tertiary/aromatic N) is 3. The number of benzene rings is 3. The predicted octanol–water partition coefficient (Wildman–Crippen LogP) is 7.09. The minimum Gasteiger partial charge on any atom is -0.497 e. The standard InChI is InChI=1S/C31H23F3N4O2S/c1-18-9-11-19(12-10-18)25-27-28(37-17-4-3-8-24(37)35-25)38(20-13-15-21(40-2)16-14-20)30(41-27)22-6-5-7-23(31(32,33)34)26(22)36-29(30)39/h3-17,25H,1-2H3,(H,36,39). The molecule has 0 saturated carbocycles. The Morgan fingerprint density at radius 2 is 1.78 bits per heavy atom. The van der Waals surface area contributed by atoms with Gasteiger partial charge in [0, 0.05) is 17.5 Å². The number of hydrogen-bond acceptors (Lipinski definition) is 6. The number of allylic oxidation sites excluding steroid dienone is 2. The van der Waals surface area contributed by atoms with Crippen molar-refractivity contribution in [2.45, 2.75) is 24.0 Å². The fourth-order valence-electron chi connectivity index (χ4n) is 5.68. The minimum absolute atomic E-state index is 0.224. The van der Waals surface area contributed by atoms with Crippen LogP contribution in [0.1, 0.15) is 28.3 Å². The van der Waals surface area contributed by atoms with E-state index in [9.17, 15) is 18.0 Å². The number of hydrogen-bond donors (Lipinski definition) is 1. The highest BCUT2D eigenvalue weighted by atomic mass is 32.2. The number of aliphatic imine (C=N–C) groups is 1. The van der Waals surface area contributed by atoms with Crippen LogP contribution in [0, 0.1) is 6.92 Å². The van der Waals surface area contributed by atoms with Crippen molar-refractivity contribution in [1.29, 1.82) is 0 Å². The van der Waals surface area contributed by atoms with Gasteiger partial charge in [0.15, 0.2) is 0 Å². The molecule has 4 aliphatic rings. The van der Waals surface area contributed by atoms with Crippen LogP contribution in [0.25, 0.3) is 0 Å². The van der Waals surface area contributed by atoms with Crippen LogP contribution < -0.4 is 15.0 Å². The van der Waals surface area contributed by atoms with E-state index < -0.39 is 28.6 Å². The monoisotopic (exact) mass is 572 g/mol. The highest BCUT2D eigenvalue weighted by molar-refractivity contribution is 8.05. The van der Waals surface area contributed by atoms with E-state index in [2.05, 4.69) is 5.32 Å². The van der Waals surface area contributed by atoms with Crippen molar-refractivity contribution < 1.29 is 22.7 Å². The van der Waals surface area contributed by atoms with Crippen molar-refractivity contribution >= 4 is 34.9 Å². The summed E-state index contributed by atoms with van der Waals surface area (Å²) >= 11 is 1.24. The highest BCUT2D eigenvalue weighted by Gasteiger charge is 2.62. The van der Waals surface area contributed by atoms with E-state index in [0.717, 1.165) is 22.1 Å². The number of thioether (sulfide) groups is 1. The first kappa shape index (κ1) is 25.5. The molecule has 1 amide bonds. The molecule has 2 unspecified atom stereocenters. The summed E-state index contributed by atoms with van der Waals surface area (Å²) in [5.74, 6) is 1.39. The number of halogens is 3. The number of fused-ring (bicyclic) bond motifs is 4. The predicted molar refractivity (Wildman–Crippen MR) is 153 cm³/mol. The number of amidine groups is 1. The lowest BCUT2D eigenvalue weighted by Crippen LogP contribution is -2.49. The number of aryl methyl sites for hydroxylation is 1. The number of carbonyl (C=O) groups is 1. The van der Waals surface area contributed by atoms with Crippen molar-refractivity contribution in [1.82, 2.24) is 4.90 Å². The van der Waals surface area contributed by atoms with Crippen molar-refractivity contribution in [2.75, 3.05) is 17.3 Å². The van der Waals surface area contributed by atoms with E-state index in [0.29, 0.717) is 23.1 Å². The molecule has 0 aromatic heterocycles. The lowest BCUT2D eigenvalue weighted by molar-refractivity contribution is -0.136. The van der Waals surface area contributed by atoms with Gasteiger partial charge < -0.3 is 10.1 Å². The average Bonchev–Trinajstić information content (AvgIpc) is 3.47. The second-order valence-electron chi connectivity index (χ2n) is 10.0. The van der Waals surface area contributed by atoms with Crippen molar-refractivity contribution in [3.05, 3.63) is 124 Å². The zero-order valence-corrected chi connectivity index (χ0v) is 22.8. The van der Waals surface area contributed by atoms with Gasteiger partial charge in [0.05, 0.1) is 23.3 Å². The molecule has 0 fully saturated rings. The van der Waals surface area contributed by atoms with E-state index in [1.165, 1.54) is 17.8 Å². The van der Waals surface area contributed by atoms with Crippen LogP contribution in [0.5, 0.6) is 5.75 Å². The minimum atomic E-state index is -4.65. The number of methoxy groups -OCH3 is 1. The van der Waals surface area contributed by atoms with Crippen LogP contribution in [0.2, 0.25) is 0 Å². The molecule has 3 aromatic rings. The van der Waals surface area contributed by atoms with Gasteiger partial charge in [-0.3, -0.25) is 19.6 Å². The maximum absolute atomic E-state index is 14.2. The quantitative estimate of drug-likeness (QED) is 0.363. The van der Waals surface area contributed by atoms with Gasteiger partial charge in [0.25, 0.3) is 5.91 Å². The van der Waals surface area contributed by atoms with E-state index in [1.54, 1.807) is 25.3 Å². The number of carbonyl (C=O) groups excluding carboxylic acids is 1. The highest BCUT2D eigenvalue weighted by Crippen LogP contribution is 2.64. The zero-order chi connectivity index (χ0) is 28.5. The lowest BCUT2D eigenvalue weighted by Gasteiger charge is -2.40. The van der Waals surface area contributed by atoms with Crippen molar-refractivity contribution in [3.8, 4) is 5.75 Å². The molecule has 0 bridgehead atoms. The van der Waals surface area contributed by atoms with Gasteiger partial charge in [0.1, 0.15) is 23.4 Å². The number of rotatable bonds is 3. The molecular weight excluding hydrogens is 549 g/mol. The average molecular weight is 573 g/mol. The van der Waals surface area contributed by atoms with Crippen molar-refractivity contribution in [3.63, 3.8) is 0 Å². The van der Waals surface area contributed by atoms with Gasteiger partial charge in [-0.1, -0.05) is 59.8 Å². The Labute approximate surface area is 238 Å². The molecule has 3 aromatic carbocycles. The molecular formula is C31H23F3N4O2S. The Hall–Kier alpha value is -4.44. The third-order valence-corrected chi connectivity index (χ3v) is 9.10. The molecule has 206 valence electrons. The smallest absolute Gasteiger partial charge is 0.418 e. The number of ether oxygens (including phenoxy) is 1. The van der Waals surface area contributed by atoms with Crippen molar-refractivity contribution in [2.24, 2.45) is 4.99 Å². The largest absolute Gasteiger partial charge is 0.497 e. The lowest BCUT2D eigenvalue weighted by atomic mass is 10.00. The van der Waals surface area contributed by atoms with Crippen LogP contribution >= 0.6 is 11.8 Å². The third-order valence-electron chi connectivity index (χ3n) is 7.59. The molecule has 0 radical (unpaired) electrons. The van der Waals surface area contributed by atoms with Gasteiger partial charge in [-0.15, -0.1) is 0 Å². The Kier molecular flexibility index (Phi) is 5.62. The fraction of sp³-hybridized carbons (Fsp3) is 0.161. The molecule has 1 N–H and O–H groups in total. The number of anilines is 2. The van der Waals surface area contributed by atoms with E-state index in [-0.39, 0.29) is 11.3 Å². The summed E-state index contributed by atoms with van der Waals surface area (Å²) in [7, 11) is 1.56. The van der Waals surface area contributed by atoms with Gasteiger partial charge in [-0.2, -0.15) is 13.2 Å². The number of nitrogens with one attached hydrogen (secondary N) is 1. The molecule has 2 atom stereocenters. The van der Waals surface area contributed by atoms with Gasteiger partial charge in [0.2, 0.25) is 4.87 Å². The molecule has 4 aliphatic heterocycles. The third kappa shape index (κ3) is 3.73. The second kappa shape index (κ2) is 9.04. The maximum Gasteiger partial charge on any atom is 0.418 e. The Morgan fingerprint density at radius 3 is 2.49 bits per heavy atom. The zero-order valence-electron chi connectivity index (χ0n) is 21.9. The first-order valence-corrected chi connectivity index (χ1v) is 13.7. The summed E-state index contributed by atoms with van der Waals surface area (Å²) in [5, 5.41) is 2.61. The van der Waals surface area contributed by atoms with Gasteiger partial charge in [-0.25, -0.2) is 0 Å². The van der Waals surface area contributed by atoms with Crippen LogP contribution in [-0.4, -0.2) is 23.8 Å². The Morgan fingerprint density at radius 1 is 1.02 bits per heavy atom. The van der Waals surface area contributed by atoms with Crippen LogP contribution in [0.15, 0.2) is 107 Å². The molecule has 6 nitrogen and oxygen atoms in total. The summed E-state index contributed by atoms with van der Waals surface area (Å²) in [6, 6.07) is 18.7. The van der Waals surface area contributed by atoms with E-state index in [4.69, 9.17) is 9.73 Å². The van der Waals surface area contributed by atoms with E-state index >= 15 is 0 Å². The van der Waals surface area contributed by atoms with Crippen LogP contribution in [-0.2, 0) is 15.8 Å². The second-order valence-corrected chi connectivity index (χ2v) is 11.3. The number of alkyl halides is 3. The fourth-order valence-corrected chi connectivity index (χ4v) is 7.29.